The molecule has 1 aromatic heterocycles. The Bertz CT molecular complexity index is 1180. The molecule has 1 atom stereocenters. The van der Waals surface area contributed by atoms with Crippen LogP contribution < -0.4 is 10.6 Å². The number of hydrogen-bond donors (Lipinski definition) is 2. The van der Waals surface area contributed by atoms with Crippen LogP contribution in [0.25, 0.3) is 0 Å². The van der Waals surface area contributed by atoms with E-state index in [0.717, 1.165) is 19.3 Å². The van der Waals surface area contributed by atoms with Gasteiger partial charge in [0, 0.05) is 24.8 Å². The maximum atomic E-state index is 13.8. The lowest BCUT2D eigenvalue weighted by Crippen LogP contribution is -2.45. The first-order valence-corrected chi connectivity index (χ1v) is 11.8. The number of carbonyl (C=O) groups is 2. The number of nitrogens with zero attached hydrogens (tertiary/aromatic N) is 2. The van der Waals surface area contributed by atoms with Gasteiger partial charge in [-0.3, -0.25) is 14.3 Å². The zero-order valence-electron chi connectivity index (χ0n) is 20.1. The molecular formula is C27H31FN4O3. The van der Waals surface area contributed by atoms with Crippen LogP contribution >= 0.6 is 0 Å². The number of ether oxygens (including phenoxy) is 1. The predicted molar refractivity (Wildman–Crippen MR) is 132 cm³/mol. The van der Waals surface area contributed by atoms with Crippen LogP contribution in [0.4, 0.5) is 10.1 Å². The number of benzene rings is 2. The first-order valence-electron chi connectivity index (χ1n) is 11.8. The Morgan fingerprint density at radius 1 is 1.11 bits per heavy atom. The van der Waals surface area contributed by atoms with Crippen LogP contribution in [0.1, 0.15) is 49.0 Å². The lowest BCUT2D eigenvalue weighted by atomic mass is 9.67. The van der Waals surface area contributed by atoms with Crippen LogP contribution in [0.15, 0.2) is 67.0 Å². The zero-order valence-corrected chi connectivity index (χ0v) is 20.1. The number of halogens is 1. The number of aromatic nitrogens is 2. The van der Waals surface area contributed by atoms with Gasteiger partial charge in [0.2, 0.25) is 5.91 Å². The van der Waals surface area contributed by atoms with Crippen LogP contribution in [-0.2, 0) is 21.5 Å². The summed E-state index contributed by atoms with van der Waals surface area (Å²) in [5.41, 5.74) is 1.32. The highest BCUT2D eigenvalue weighted by Crippen LogP contribution is 2.43. The van der Waals surface area contributed by atoms with Crippen molar-refractivity contribution in [3.8, 4) is 0 Å². The van der Waals surface area contributed by atoms with Gasteiger partial charge >= 0.3 is 0 Å². The van der Waals surface area contributed by atoms with Crippen molar-refractivity contribution >= 4 is 17.5 Å². The molecule has 2 N–H and O–H groups in total. The molecule has 2 heterocycles. The SMILES string of the molecule is CC1(C)C[C@@](CCNC(=O)Cn2cc(NC(=O)c3ccccc3F)cn2)(c2ccccc2)CCO1. The second-order valence-electron chi connectivity index (χ2n) is 9.64. The largest absolute Gasteiger partial charge is 0.376 e. The van der Waals surface area contributed by atoms with Gasteiger partial charge in [0.1, 0.15) is 12.4 Å². The van der Waals surface area contributed by atoms with Crippen LogP contribution in [0, 0.1) is 5.82 Å². The molecule has 2 aromatic carbocycles. The minimum Gasteiger partial charge on any atom is -0.376 e. The third-order valence-corrected chi connectivity index (χ3v) is 6.46. The monoisotopic (exact) mass is 478 g/mol. The molecule has 0 saturated carbocycles. The van der Waals surface area contributed by atoms with Crippen molar-refractivity contribution in [1.82, 2.24) is 15.1 Å². The third-order valence-electron chi connectivity index (χ3n) is 6.46. The van der Waals surface area contributed by atoms with Crippen molar-refractivity contribution < 1.29 is 18.7 Å². The lowest BCUT2D eigenvalue weighted by molar-refractivity contribution is -0.122. The second-order valence-corrected chi connectivity index (χ2v) is 9.64. The van der Waals surface area contributed by atoms with Gasteiger partial charge in [0.15, 0.2) is 0 Å². The van der Waals surface area contributed by atoms with E-state index >= 15 is 0 Å². The van der Waals surface area contributed by atoms with Crippen molar-refractivity contribution in [3.05, 3.63) is 83.9 Å². The Morgan fingerprint density at radius 3 is 2.60 bits per heavy atom. The number of carbonyl (C=O) groups excluding carboxylic acids is 2. The molecule has 0 radical (unpaired) electrons. The van der Waals surface area contributed by atoms with E-state index in [9.17, 15) is 14.0 Å². The van der Waals surface area contributed by atoms with Gasteiger partial charge in [0.25, 0.3) is 5.91 Å². The van der Waals surface area contributed by atoms with E-state index in [1.165, 1.54) is 34.6 Å². The molecule has 8 heteroatoms. The van der Waals surface area contributed by atoms with Gasteiger partial charge in [-0.15, -0.1) is 0 Å². The van der Waals surface area contributed by atoms with Crippen LogP contribution in [0.5, 0.6) is 0 Å². The van der Waals surface area contributed by atoms with Crippen LogP contribution in [0.2, 0.25) is 0 Å². The van der Waals surface area contributed by atoms with E-state index in [1.807, 2.05) is 6.07 Å². The minimum absolute atomic E-state index is 0.0164. The van der Waals surface area contributed by atoms with Crippen LogP contribution in [0.3, 0.4) is 0 Å². The molecule has 4 rings (SSSR count). The normalized spacial score (nSPS) is 19.2. The van der Waals surface area contributed by atoms with Gasteiger partial charge in [0.05, 0.1) is 23.0 Å². The van der Waals surface area contributed by atoms with E-state index < -0.39 is 11.7 Å². The summed E-state index contributed by atoms with van der Waals surface area (Å²) >= 11 is 0. The van der Waals surface area contributed by atoms with E-state index in [1.54, 1.807) is 12.3 Å². The highest BCUT2D eigenvalue weighted by Gasteiger charge is 2.41. The van der Waals surface area contributed by atoms with Crippen LogP contribution in [-0.4, -0.2) is 40.3 Å². The summed E-state index contributed by atoms with van der Waals surface area (Å²) in [6.45, 7) is 5.46. The Balaban J connectivity index is 1.32. The Labute approximate surface area is 204 Å². The standard InChI is InChI=1S/C27H31FN4O3/c1-26(2)19-27(13-15-35-26,20-8-4-3-5-9-20)12-14-29-24(33)18-32-17-21(16-30-32)31-25(34)22-10-6-7-11-23(22)28/h3-11,16-17H,12-15,18-19H2,1-2H3,(H,29,33)(H,31,34)/t27-/m0/s1. The molecule has 1 aliphatic heterocycles. The molecule has 7 nitrogen and oxygen atoms in total. The van der Waals surface area contributed by atoms with Crippen molar-refractivity contribution in [2.75, 3.05) is 18.5 Å². The second kappa shape index (κ2) is 10.4. The lowest BCUT2D eigenvalue weighted by Gasteiger charge is -2.45. The molecule has 0 aliphatic carbocycles. The number of nitrogens with one attached hydrogen (secondary N) is 2. The molecule has 1 saturated heterocycles. The third kappa shape index (κ3) is 6.14. The number of rotatable bonds is 8. The summed E-state index contributed by atoms with van der Waals surface area (Å²) in [6.07, 6.45) is 5.56. The molecule has 0 spiro atoms. The average Bonchev–Trinajstić information content (AvgIpc) is 3.25. The van der Waals surface area contributed by atoms with Gasteiger partial charge in [-0.1, -0.05) is 42.5 Å². The highest BCUT2D eigenvalue weighted by atomic mass is 19.1. The summed E-state index contributed by atoms with van der Waals surface area (Å²) in [7, 11) is 0. The van der Waals surface area contributed by atoms with Gasteiger partial charge in [-0.25, -0.2) is 4.39 Å². The van der Waals surface area contributed by atoms with E-state index in [-0.39, 0.29) is 29.0 Å². The predicted octanol–water partition coefficient (Wildman–Crippen LogP) is 4.31. The van der Waals surface area contributed by atoms with Crippen molar-refractivity contribution in [2.45, 2.75) is 50.7 Å². The average molecular weight is 479 g/mol. The van der Waals surface area contributed by atoms with Crippen molar-refractivity contribution in [1.29, 1.82) is 0 Å². The Hall–Kier alpha value is -3.52. The molecule has 1 fully saturated rings. The number of anilines is 1. The molecule has 2 amide bonds. The molecule has 0 unspecified atom stereocenters. The Morgan fingerprint density at radius 2 is 1.86 bits per heavy atom. The minimum atomic E-state index is -0.599. The van der Waals surface area contributed by atoms with Gasteiger partial charge < -0.3 is 15.4 Å². The fraction of sp³-hybridized carbons (Fsp3) is 0.370. The number of amides is 2. The van der Waals surface area contributed by atoms with E-state index in [2.05, 4.69) is 53.8 Å². The molecule has 0 bridgehead atoms. The quantitative estimate of drug-likeness (QED) is 0.505. The maximum absolute atomic E-state index is 13.8. The summed E-state index contributed by atoms with van der Waals surface area (Å²) in [5.74, 6) is -1.34. The number of hydrogen-bond acceptors (Lipinski definition) is 4. The summed E-state index contributed by atoms with van der Waals surface area (Å²) in [6, 6.07) is 16.2. The van der Waals surface area contributed by atoms with Crippen molar-refractivity contribution in [3.63, 3.8) is 0 Å². The topological polar surface area (TPSA) is 85.3 Å². The highest BCUT2D eigenvalue weighted by molar-refractivity contribution is 6.04. The summed E-state index contributed by atoms with van der Waals surface area (Å²) in [4.78, 5) is 24.9. The summed E-state index contributed by atoms with van der Waals surface area (Å²) in [5, 5.41) is 9.74. The molecule has 3 aromatic rings. The fourth-order valence-corrected chi connectivity index (χ4v) is 4.88. The van der Waals surface area contributed by atoms with E-state index in [4.69, 9.17) is 4.74 Å². The Kier molecular flexibility index (Phi) is 7.31. The first-order chi connectivity index (χ1) is 16.8. The first kappa shape index (κ1) is 24.6. The summed E-state index contributed by atoms with van der Waals surface area (Å²) < 4.78 is 21.2. The molecule has 1 aliphatic rings. The van der Waals surface area contributed by atoms with Gasteiger partial charge in [-0.05, 0) is 50.8 Å². The molecule has 35 heavy (non-hydrogen) atoms. The molecular weight excluding hydrogens is 447 g/mol. The molecule has 184 valence electrons. The smallest absolute Gasteiger partial charge is 0.258 e. The van der Waals surface area contributed by atoms with Crippen molar-refractivity contribution in [2.24, 2.45) is 0 Å². The fourth-order valence-electron chi connectivity index (χ4n) is 4.88. The van der Waals surface area contributed by atoms with E-state index in [0.29, 0.717) is 18.8 Å². The maximum Gasteiger partial charge on any atom is 0.258 e. The van der Waals surface area contributed by atoms with Gasteiger partial charge in [-0.2, -0.15) is 5.10 Å². The zero-order chi connectivity index (χ0) is 24.9.